The molecule has 0 saturated carbocycles. The molecule has 0 saturated heterocycles. The average molecular weight is 396 g/mol. The fraction of sp³-hybridized carbons (Fsp3) is 0.500. The molecule has 1 aliphatic heterocycles. The predicted octanol–water partition coefficient (Wildman–Crippen LogP) is 5.22. The van der Waals surface area contributed by atoms with Gasteiger partial charge in [-0.05, 0) is 50.2 Å². The van der Waals surface area contributed by atoms with Gasteiger partial charge in [-0.15, -0.1) is 0 Å². The number of unbranched alkanes of at least 4 members (excludes halogenated alkanes) is 1. The van der Waals surface area contributed by atoms with E-state index in [1.807, 2.05) is 18.3 Å². The molecular weight excluding hydrogens is 358 g/mol. The van der Waals surface area contributed by atoms with Gasteiger partial charge in [-0.2, -0.15) is 0 Å². The maximum absolute atomic E-state index is 5.90. The van der Waals surface area contributed by atoms with Crippen molar-refractivity contribution >= 4 is 23.8 Å². The van der Waals surface area contributed by atoms with Crippen molar-refractivity contribution in [3.05, 3.63) is 47.8 Å². The topological polar surface area (TPSA) is 66.0 Å². The molecule has 0 bridgehead atoms. The van der Waals surface area contributed by atoms with Gasteiger partial charge in [-0.1, -0.05) is 52.2 Å². The van der Waals surface area contributed by atoms with Crippen LogP contribution in [0, 0.1) is 0 Å². The number of hydrogen-bond donors (Lipinski definition) is 2. The molecule has 3 N–H and O–H groups in total. The van der Waals surface area contributed by atoms with Gasteiger partial charge in [0.25, 0.3) is 0 Å². The van der Waals surface area contributed by atoms with Crippen molar-refractivity contribution in [2.45, 2.75) is 65.3 Å². The van der Waals surface area contributed by atoms with E-state index in [9.17, 15) is 0 Å². The van der Waals surface area contributed by atoms with Crippen LogP contribution >= 0.6 is 0 Å². The summed E-state index contributed by atoms with van der Waals surface area (Å²) in [5.41, 5.74) is 9.94. The van der Waals surface area contributed by atoms with E-state index in [-0.39, 0.29) is 0 Å². The lowest BCUT2D eigenvalue weighted by Crippen LogP contribution is -2.34. The van der Waals surface area contributed by atoms with Gasteiger partial charge in [0.2, 0.25) is 0 Å². The zero-order chi connectivity index (χ0) is 21.1. The number of hydrogen-bond acceptors (Lipinski definition) is 4. The van der Waals surface area contributed by atoms with E-state index in [1.165, 1.54) is 6.42 Å². The van der Waals surface area contributed by atoms with Crippen LogP contribution in [0.2, 0.25) is 0 Å². The minimum atomic E-state index is 0.430. The quantitative estimate of drug-likeness (QED) is 0.289. The van der Waals surface area contributed by atoms with Crippen molar-refractivity contribution in [1.82, 2.24) is 10.2 Å². The van der Waals surface area contributed by atoms with Crippen LogP contribution in [0.1, 0.15) is 64.9 Å². The predicted molar refractivity (Wildman–Crippen MR) is 127 cm³/mol. The van der Waals surface area contributed by atoms with E-state index < -0.39 is 0 Å². The van der Waals surface area contributed by atoms with Crippen LogP contribution < -0.4 is 11.1 Å². The summed E-state index contributed by atoms with van der Waals surface area (Å²) in [5.74, 6) is 0.986. The van der Waals surface area contributed by atoms with Crippen molar-refractivity contribution in [1.29, 1.82) is 0 Å². The van der Waals surface area contributed by atoms with Crippen LogP contribution in [0.15, 0.2) is 52.2 Å². The van der Waals surface area contributed by atoms with E-state index in [0.29, 0.717) is 12.7 Å². The molecule has 0 aromatic heterocycles. The van der Waals surface area contributed by atoms with Crippen molar-refractivity contribution in [2.24, 2.45) is 9.98 Å². The van der Waals surface area contributed by atoms with Gasteiger partial charge < -0.3 is 10.6 Å². The van der Waals surface area contributed by atoms with Crippen molar-refractivity contribution in [3.63, 3.8) is 0 Å². The monoisotopic (exact) mass is 395 g/mol. The molecule has 0 spiro atoms. The fourth-order valence-corrected chi connectivity index (χ4v) is 3.69. The molecule has 1 aromatic carbocycles. The molecule has 2 rings (SSSR count). The molecule has 0 amide bonds. The summed E-state index contributed by atoms with van der Waals surface area (Å²) in [6.45, 7) is 12.0. The van der Waals surface area contributed by atoms with Crippen LogP contribution in [-0.2, 0) is 0 Å². The van der Waals surface area contributed by atoms with E-state index in [4.69, 9.17) is 10.7 Å². The summed E-state index contributed by atoms with van der Waals surface area (Å²) < 4.78 is 0. The number of amidine groups is 1. The Hall–Kier alpha value is -2.40. The lowest BCUT2D eigenvalue weighted by Gasteiger charge is -2.28. The van der Waals surface area contributed by atoms with E-state index >= 15 is 0 Å². The van der Waals surface area contributed by atoms with Gasteiger partial charge in [0.15, 0.2) is 0 Å². The zero-order valence-electron chi connectivity index (χ0n) is 18.3. The third-order valence-electron chi connectivity index (χ3n) is 5.17. The summed E-state index contributed by atoms with van der Waals surface area (Å²) >= 11 is 0. The number of anilines is 1. The minimum Gasteiger partial charge on any atom is -0.399 e. The highest BCUT2D eigenvalue weighted by molar-refractivity contribution is 6.16. The van der Waals surface area contributed by atoms with Crippen LogP contribution in [0.4, 0.5) is 5.69 Å². The molecule has 1 aliphatic rings. The first-order valence-electron chi connectivity index (χ1n) is 10.9. The lowest BCUT2D eigenvalue weighted by atomic mass is 10.0. The van der Waals surface area contributed by atoms with Crippen LogP contribution in [0.3, 0.4) is 0 Å². The molecular formula is C24H37N5. The second-order valence-corrected chi connectivity index (χ2v) is 7.52. The number of nitrogens with zero attached hydrogens (tertiary/aromatic N) is 3. The summed E-state index contributed by atoms with van der Waals surface area (Å²) in [5, 5.41) is 3.43. The second-order valence-electron chi connectivity index (χ2n) is 7.52. The summed E-state index contributed by atoms with van der Waals surface area (Å²) in [7, 11) is 0. The molecule has 1 aromatic rings. The van der Waals surface area contributed by atoms with Crippen molar-refractivity contribution in [3.8, 4) is 0 Å². The molecule has 29 heavy (non-hydrogen) atoms. The number of rotatable bonds is 12. The highest BCUT2D eigenvalue weighted by atomic mass is 15.2. The van der Waals surface area contributed by atoms with E-state index in [2.05, 4.69) is 61.0 Å². The smallest absolute Gasteiger partial charge is 0.138 e. The first-order chi connectivity index (χ1) is 14.2. The third-order valence-corrected chi connectivity index (χ3v) is 5.17. The first-order valence-corrected chi connectivity index (χ1v) is 10.9. The van der Waals surface area contributed by atoms with Gasteiger partial charge in [0.05, 0.1) is 6.67 Å². The Bertz CT molecular complexity index is 724. The Balaban J connectivity index is 2.42. The van der Waals surface area contributed by atoms with Crippen molar-refractivity contribution in [2.75, 3.05) is 18.9 Å². The van der Waals surface area contributed by atoms with E-state index in [0.717, 1.165) is 66.9 Å². The van der Waals surface area contributed by atoms with Crippen LogP contribution in [0.25, 0.3) is 5.57 Å². The van der Waals surface area contributed by atoms with Gasteiger partial charge in [-0.3, -0.25) is 15.3 Å². The fourth-order valence-electron chi connectivity index (χ4n) is 3.69. The maximum Gasteiger partial charge on any atom is 0.138 e. The molecule has 0 radical (unpaired) electrons. The molecule has 158 valence electrons. The highest BCUT2D eigenvalue weighted by Gasteiger charge is 2.31. The molecule has 0 unspecified atom stereocenters. The number of nitrogens with two attached hydrogens (primary N) is 1. The largest absolute Gasteiger partial charge is 0.399 e. The van der Waals surface area contributed by atoms with Crippen LogP contribution in [-0.4, -0.2) is 36.7 Å². The number of nitrogens with one attached hydrogen (secondary N) is 1. The molecule has 0 aliphatic carbocycles. The minimum absolute atomic E-state index is 0.430. The van der Waals surface area contributed by atoms with Crippen molar-refractivity contribution < 1.29 is 0 Å². The van der Waals surface area contributed by atoms with Gasteiger partial charge in [0.1, 0.15) is 5.84 Å². The second kappa shape index (κ2) is 12.2. The highest BCUT2D eigenvalue weighted by Crippen LogP contribution is 2.35. The summed E-state index contributed by atoms with van der Waals surface area (Å²) in [4.78, 5) is 11.4. The van der Waals surface area contributed by atoms with Crippen LogP contribution in [0.5, 0.6) is 0 Å². The molecule has 5 nitrogen and oxygen atoms in total. The molecule has 1 heterocycles. The standard InChI is InChI=1S/C24H37N5/c1-5-8-15-27-18-28-24-22(16-26-4)23(19-11-13-20(25)14-12-19)17-29(24)21(9-6-2)10-7-3/h11-14,16-17,21,27H,4-10,15,18,25H2,1-3H3/b22-16-,28-24+. The Morgan fingerprint density at radius 3 is 2.38 bits per heavy atom. The Kier molecular flexibility index (Phi) is 9.65. The number of nitrogen functional groups attached to an aromatic ring is 1. The Labute approximate surface area is 176 Å². The SMILES string of the molecule is C=N/C=C1/C(c2ccc(N)cc2)=CN(C(CCC)CCC)/C1=N/CNCCCC. The normalized spacial score (nSPS) is 16.8. The number of aliphatic imine (C=N–C) groups is 2. The van der Waals surface area contributed by atoms with Gasteiger partial charge in [0, 0.05) is 35.3 Å². The van der Waals surface area contributed by atoms with Gasteiger partial charge in [-0.25, -0.2) is 0 Å². The first kappa shape index (κ1) is 22.9. The summed E-state index contributed by atoms with van der Waals surface area (Å²) in [6.07, 6.45) is 11.0. The van der Waals surface area contributed by atoms with E-state index in [1.54, 1.807) is 0 Å². The van der Waals surface area contributed by atoms with Gasteiger partial charge >= 0.3 is 0 Å². The molecule has 0 fully saturated rings. The summed E-state index contributed by atoms with van der Waals surface area (Å²) in [6, 6.07) is 8.44. The number of benzene rings is 1. The zero-order valence-corrected chi connectivity index (χ0v) is 18.3. The Morgan fingerprint density at radius 1 is 1.10 bits per heavy atom. The third kappa shape index (κ3) is 6.29. The molecule has 5 heteroatoms. The molecule has 0 atom stereocenters. The lowest BCUT2D eigenvalue weighted by molar-refractivity contribution is 0.353. The average Bonchev–Trinajstić information content (AvgIpc) is 3.07. The maximum atomic E-state index is 5.90. The Morgan fingerprint density at radius 2 is 1.79 bits per heavy atom.